The predicted octanol–water partition coefficient (Wildman–Crippen LogP) is 8.41. The Labute approximate surface area is 328 Å². The predicted molar refractivity (Wildman–Crippen MR) is 211 cm³/mol. The van der Waals surface area contributed by atoms with Gasteiger partial charge in [0.2, 0.25) is 0 Å². The summed E-state index contributed by atoms with van der Waals surface area (Å²) in [5.74, 6) is -1.03. The molecular formula is C42H52Cl2N2O8. The first-order valence-electron chi connectivity index (χ1n) is 17.7. The number of hydrogen-bond donors (Lipinski definition) is 2. The molecule has 2 aromatic rings. The third-order valence-corrected chi connectivity index (χ3v) is 9.05. The van der Waals surface area contributed by atoms with E-state index >= 15 is 0 Å². The molecule has 10 nitrogen and oxygen atoms in total. The molecule has 3 aliphatic rings. The van der Waals surface area contributed by atoms with Crippen molar-refractivity contribution in [1.29, 1.82) is 0 Å². The number of esters is 2. The number of halogens is 2. The van der Waals surface area contributed by atoms with Crippen LogP contribution in [0.25, 0.3) is 0 Å². The van der Waals surface area contributed by atoms with Crippen LogP contribution >= 0.6 is 23.2 Å². The van der Waals surface area contributed by atoms with E-state index in [4.69, 9.17) is 33.7 Å². The summed E-state index contributed by atoms with van der Waals surface area (Å²) in [6, 6.07) is 14.3. The van der Waals surface area contributed by atoms with Crippen molar-refractivity contribution < 1.29 is 38.2 Å². The SMILES string of the molecule is CC1(C)CC(=O)CC(=O)C1.CCOC(=O)/C=C(\C)N.CCOC(=O)C1=C(C)NC2=C(C(=O)CC(C)(C)C2)C1c1ccccc1Cl.O=Cc1ccccc1Cl. The molecule has 0 spiro atoms. The third kappa shape index (κ3) is 14.0. The number of nitrogens with two attached hydrogens (primary N) is 1. The van der Waals surface area contributed by atoms with E-state index in [1.807, 2.05) is 39.0 Å². The molecule has 1 fully saturated rings. The molecule has 0 radical (unpaired) electrons. The molecule has 0 aromatic heterocycles. The van der Waals surface area contributed by atoms with Crippen LogP contribution in [0.1, 0.15) is 109 Å². The molecule has 3 N–H and O–H groups in total. The molecule has 0 saturated heterocycles. The van der Waals surface area contributed by atoms with Gasteiger partial charge in [-0.3, -0.25) is 19.2 Å². The maximum Gasteiger partial charge on any atom is 0.336 e. The summed E-state index contributed by atoms with van der Waals surface area (Å²) in [5, 5.41) is 4.35. The van der Waals surface area contributed by atoms with Gasteiger partial charge in [0.1, 0.15) is 11.6 Å². The molecular weight excluding hydrogens is 731 g/mol. The second-order valence-electron chi connectivity index (χ2n) is 14.7. The topological polar surface area (TPSA) is 159 Å². The van der Waals surface area contributed by atoms with Crippen molar-refractivity contribution in [2.45, 2.75) is 93.4 Å². The quantitative estimate of drug-likeness (QED) is 0.126. The van der Waals surface area contributed by atoms with Crippen LogP contribution in [0.15, 0.2) is 82.8 Å². The molecule has 54 heavy (non-hydrogen) atoms. The molecule has 2 aromatic carbocycles. The van der Waals surface area contributed by atoms with Gasteiger partial charge >= 0.3 is 11.9 Å². The number of hydrogen-bond acceptors (Lipinski definition) is 10. The highest BCUT2D eigenvalue weighted by Crippen LogP contribution is 2.48. The van der Waals surface area contributed by atoms with Crippen LogP contribution < -0.4 is 11.1 Å². The standard InChI is InChI=1S/C21H24ClNO3.C8H12O2.C7H5ClO.C6H11NO2/c1-5-26-20(25)17-12(2)23-15-10-21(3,4)11-16(24)19(15)18(17)13-8-6-7-9-14(13)22;1-8(2)4-6(9)3-7(10)5-8;8-7-4-2-1-3-6(7)5-9;1-3-9-6(8)4-5(2)7/h6-9,18,23H,5,10-11H2,1-4H3;3-5H2,1-2H3;1-5H;4H,3,7H2,1-2H3/b;;;5-4+. The summed E-state index contributed by atoms with van der Waals surface area (Å²) in [5.41, 5.74) is 9.48. The average molecular weight is 784 g/mol. The van der Waals surface area contributed by atoms with Gasteiger partial charge in [0.05, 0.1) is 30.2 Å². The number of rotatable bonds is 6. The molecule has 2 aliphatic carbocycles. The number of carbonyl (C=O) groups excluding carboxylic acids is 6. The molecule has 5 rings (SSSR count). The van der Waals surface area contributed by atoms with E-state index < -0.39 is 11.9 Å². The number of dihydropyridines is 1. The van der Waals surface area contributed by atoms with Crippen molar-refractivity contribution in [3.63, 3.8) is 0 Å². The number of ether oxygens (including phenoxy) is 2. The van der Waals surface area contributed by atoms with Crippen LogP contribution in [-0.2, 0) is 33.4 Å². The van der Waals surface area contributed by atoms with E-state index in [0.29, 0.717) is 58.3 Å². The fourth-order valence-corrected chi connectivity index (χ4v) is 6.78. The summed E-state index contributed by atoms with van der Waals surface area (Å²) in [7, 11) is 0. The zero-order valence-electron chi connectivity index (χ0n) is 32.4. The zero-order valence-corrected chi connectivity index (χ0v) is 33.9. The highest BCUT2D eigenvalue weighted by atomic mass is 35.5. The lowest BCUT2D eigenvalue weighted by Crippen LogP contribution is -2.38. The van der Waals surface area contributed by atoms with Gasteiger partial charge in [-0.1, -0.05) is 87.3 Å². The zero-order chi connectivity index (χ0) is 40.8. The van der Waals surface area contributed by atoms with Crippen molar-refractivity contribution in [3.8, 4) is 0 Å². The molecule has 1 unspecified atom stereocenters. The van der Waals surface area contributed by atoms with Crippen molar-refractivity contribution in [2.75, 3.05) is 13.2 Å². The maximum atomic E-state index is 13.1. The lowest BCUT2D eigenvalue weighted by atomic mass is 9.68. The number of ketones is 3. The van der Waals surface area contributed by atoms with Crippen LogP contribution in [0.5, 0.6) is 0 Å². The molecule has 1 saturated carbocycles. The van der Waals surface area contributed by atoms with Crippen LogP contribution in [0.4, 0.5) is 0 Å². The van der Waals surface area contributed by atoms with E-state index in [2.05, 4.69) is 23.9 Å². The largest absolute Gasteiger partial charge is 0.463 e. The van der Waals surface area contributed by atoms with Crippen molar-refractivity contribution in [3.05, 3.63) is 104 Å². The lowest BCUT2D eigenvalue weighted by molar-refractivity contribution is -0.139. The van der Waals surface area contributed by atoms with Crippen molar-refractivity contribution in [2.24, 2.45) is 16.6 Å². The minimum Gasteiger partial charge on any atom is -0.463 e. The normalized spacial score (nSPS) is 18.6. The summed E-state index contributed by atoms with van der Waals surface area (Å²) in [6.45, 7) is 15.8. The number of carbonyl (C=O) groups is 6. The Hall–Kier alpha value is -4.54. The minimum absolute atomic E-state index is 0.0583. The van der Waals surface area contributed by atoms with Crippen LogP contribution in [0.2, 0.25) is 10.0 Å². The molecule has 1 atom stereocenters. The molecule has 1 heterocycles. The van der Waals surface area contributed by atoms with Crippen molar-refractivity contribution in [1.82, 2.24) is 5.32 Å². The first-order chi connectivity index (χ1) is 25.2. The van der Waals surface area contributed by atoms with Gasteiger partial charge in [-0.15, -0.1) is 0 Å². The lowest BCUT2D eigenvalue weighted by Gasteiger charge is -2.39. The fourth-order valence-electron chi connectivity index (χ4n) is 6.35. The van der Waals surface area contributed by atoms with E-state index in [1.165, 1.54) is 6.08 Å². The van der Waals surface area contributed by atoms with E-state index in [9.17, 15) is 28.8 Å². The Balaban J connectivity index is 0.000000294. The summed E-state index contributed by atoms with van der Waals surface area (Å²) in [4.78, 5) is 68.1. The van der Waals surface area contributed by atoms with Gasteiger partial charge in [0, 0.05) is 64.5 Å². The monoisotopic (exact) mass is 782 g/mol. The molecule has 0 amide bonds. The number of aldehydes is 1. The molecule has 0 bridgehead atoms. The number of Topliss-reactive ketones (excluding diaryl/α,β-unsaturated/α-hetero) is 3. The Morgan fingerprint density at radius 1 is 0.852 bits per heavy atom. The second kappa shape index (κ2) is 20.8. The van der Waals surface area contributed by atoms with Gasteiger partial charge in [-0.05, 0) is 62.6 Å². The molecule has 1 aliphatic heterocycles. The number of nitrogens with one attached hydrogen (secondary N) is 1. The second-order valence-corrected chi connectivity index (χ2v) is 15.5. The first-order valence-corrected chi connectivity index (χ1v) is 18.5. The smallest absolute Gasteiger partial charge is 0.336 e. The van der Waals surface area contributed by atoms with Gasteiger partial charge in [0.15, 0.2) is 12.1 Å². The average Bonchev–Trinajstić information content (AvgIpc) is 3.03. The molecule has 292 valence electrons. The van der Waals surface area contributed by atoms with E-state index in [0.717, 1.165) is 29.7 Å². The molecule has 12 heteroatoms. The first kappa shape index (κ1) is 45.6. The summed E-state index contributed by atoms with van der Waals surface area (Å²) in [6.07, 6.45) is 4.50. The third-order valence-electron chi connectivity index (χ3n) is 8.36. The number of benzene rings is 2. The van der Waals surface area contributed by atoms with E-state index in [-0.39, 0.29) is 47.2 Å². The van der Waals surface area contributed by atoms with Gasteiger partial charge in [-0.2, -0.15) is 0 Å². The highest BCUT2D eigenvalue weighted by molar-refractivity contribution is 6.33. The minimum atomic E-state index is -0.498. The van der Waals surface area contributed by atoms with Crippen molar-refractivity contribution >= 4 is 58.8 Å². The Morgan fingerprint density at radius 3 is 1.87 bits per heavy atom. The Kier molecular flexibility index (Phi) is 17.6. The maximum absolute atomic E-state index is 13.1. The summed E-state index contributed by atoms with van der Waals surface area (Å²) < 4.78 is 9.84. The fraction of sp³-hybridized carbons (Fsp3) is 0.429. The van der Waals surface area contributed by atoms with Crippen LogP contribution in [0, 0.1) is 10.8 Å². The number of allylic oxidation sites excluding steroid dienone is 4. The Bertz CT molecular complexity index is 1800. The van der Waals surface area contributed by atoms with Crippen LogP contribution in [-0.4, -0.2) is 48.8 Å². The Morgan fingerprint density at radius 2 is 1.39 bits per heavy atom. The van der Waals surface area contributed by atoms with Gasteiger partial charge < -0.3 is 20.5 Å². The summed E-state index contributed by atoms with van der Waals surface area (Å²) >= 11 is 12.1. The van der Waals surface area contributed by atoms with Crippen LogP contribution in [0.3, 0.4) is 0 Å². The highest BCUT2D eigenvalue weighted by Gasteiger charge is 2.43. The van der Waals surface area contributed by atoms with Gasteiger partial charge in [0.25, 0.3) is 0 Å². The van der Waals surface area contributed by atoms with E-state index in [1.54, 1.807) is 51.1 Å². The van der Waals surface area contributed by atoms with Gasteiger partial charge in [-0.25, -0.2) is 9.59 Å².